The molecule has 1 aromatic rings. The summed E-state index contributed by atoms with van der Waals surface area (Å²) in [6, 6.07) is 7.33. The van der Waals surface area contributed by atoms with E-state index < -0.39 is 34.9 Å². The molecule has 1 unspecified atom stereocenters. The number of hydrogen-bond donors (Lipinski definition) is 1. The number of quaternary nitrogens is 1. The van der Waals surface area contributed by atoms with E-state index in [2.05, 4.69) is 0 Å². The molecule has 1 aromatic carbocycles. The predicted octanol–water partition coefficient (Wildman–Crippen LogP) is 1.76. The number of esters is 1. The molecule has 1 spiro atoms. The van der Waals surface area contributed by atoms with Crippen LogP contribution in [0.3, 0.4) is 0 Å². The van der Waals surface area contributed by atoms with Crippen LogP contribution in [0.5, 0.6) is 0 Å². The summed E-state index contributed by atoms with van der Waals surface area (Å²) in [6.45, 7) is -2.28. The monoisotopic (exact) mass is 338 g/mol. The normalized spacial score (nSPS) is 32.0. The Bertz CT molecular complexity index is 692. The van der Waals surface area contributed by atoms with Crippen molar-refractivity contribution in [2.75, 3.05) is 26.8 Å². The molecule has 24 heavy (non-hydrogen) atoms. The van der Waals surface area contributed by atoms with Gasteiger partial charge in [0, 0.05) is 5.56 Å². The Kier molecular flexibility index (Phi) is 3.90. The Balaban J connectivity index is 2.16. The molecule has 0 radical (unpaired) electrons. The first-order chi connectivity index (χ1) is 12.3. The summed E-state index contributed by atoms with van der Waals surface area (Å²) in [5.74, 6) is -2.61. The van der Waals surface area contributed by atoms with Crippen molar-refractivity contribution in [1.29, 1.82) is 0 Å². The van der Waals surface area contributed by atoms with Gasteiger partial charge in [-0.15, -0.1) is 0 Å². The van der Waals surface area contributed by atoms with Crippen molar-refractivity contribution in [2.24, 2.45) is 0 Å². The molecule has 7 heteroatoms. The minimum atomic E-state index is -2.51. The van der Waals surface area contributed by atoms with Gasteiger partial charge in [0.2, 0.25) is 11.8 Å². The van der Waals surface area contributed by atoms with E-state index in [4.69, 9.17) is 17.0 Å². The van der Waals surface area contributed by atoms with E-state index in [1.165, 1.54) is 0 Å². The summed E-state index contributed by atoms with van der Waals surface area (Å²) in [4.78, 5) is 24.9. The van der Waals surface area contributed by atoms with Crippen molar-refractivity contribution in [3.8, 4) is 0 Å². The number of ether oxygens (including phenoxy) is 3. The molecule has 130 valence electrons. The molecule has 7 nitrogen and oxygen atoms in total. The SMILES string of the molecule is [2H]C1([2H])C2(C[C@@H](C(=O)OC)[N+]1(Cc1ccccc1)C(=O)O)OCCCO2. The maximum Gasteiger partial charge on any atom is 0.514 e. The standard InChI is InChI=1S/C17H21NO6/c1-22-15(19)14-10-17(23-8-5-9-24-17)12-18(14,16(20)21)11-13-6-3-2-4-7-13/h2-4,6-7,14H,5,8-12H2,1H3/p+1/t14-,18?/m0/s1/i12D2. The molecular formula is C17H22NO6+. The third-order valence-corrected chi connectivity index (χ3v) is 4.41. The summed E-state index contributed by atoms with van der Waals surface area (Å²) in [5, 5.41) is 10.1. The van der Waals surface area contributed by atoms with Crippen molar-refractivity contribution in [2.45, 2.75) is 31.2 Å². The predicted molar refractivity (Wildman–Crippen MR) is 83.0 cm³/mol. The lowest BCUT2D eigenvalue weighted by Gasteiger charge is -2.35. The molecule has 2 heterocycles. The topological polar surface area (TPSA) is 82.1 Å². The second-order valence-electron chi connectivity index (χ2n) is 5.95. The molecule has 0 aliphatic carbocycles. The number of likely N-dealkylation sites (tertiary alicyclic amines) is 1. The molecule has 2 aliphatic rings. The van der Waals surface area contributed by atoms with E-state index in [1.54, 1.807) is 30.3 Å². The fraction of sp³-hybridized carbons (Fsp3) is 0.529. The number of benzene rings is 1. The van der Waals surface area contributed by atoms with E-state index in [0.29, 0.717) is 12.0 Å². The molecule has 1 amide bonds. The quantitative estimate of drug-likeness (QED) is 0.668. The van der Waals surface area contributed by atoms with Gasteiger partial charge in [-0.1, -0.05) is 30.3 Å². The lowest BCUT2D eigenvalue weighted by Crippen LogP contribution is -2.59. The molecule has 2 fully saturated rings. The smallest absolute Gasteiger partial charge is 0.465 e. The van der Waals surface area contributed by atoms with E-state index in [9.17, 15) is 14.7 Å². The van der Waals surface area contributed by atoms with Crippen LogP contribution in [0.4, 0.5) is 4.79 Å². The first-order valence-electron chi connectivity index (χ1n) is 8.82. The van der Waals surface area contributed by atoms with E-state index >= 15 is 0 Å². The zero-order chi connectivity index (χ0) is 19.0. The Hall–Kier alpha value is -1.96. The van der Waals surface area contributed by atoms with Gasteiger partial charge in [-0.3, -0.25) is 0 Å². The highest BCUT2D eigenvalue weighted by molar-refractivity contribution is 5.77. The number of amides is 1. The molecule has 2 atom stereocenters. The van der Waals surface area contributed by atoms with Crippen LogP contribution in [0.25, 0.3) is 0 Å². The number of hydrogen-bond acceptors (Lipinski definition) is 5. The van der Waals surface area contributed by atoms with E-state index in [1.807, 2.05) is 0 Å². The average Bonchev–Trinajstić information content (AvgIpc) is 2.82. The number of rotatable bonds is 3. The summed E-state index contributed by atoms with van der Waals surface area (Å²) in [5.41, 5.74) is 0.584. The summed E-state index contributed by atoms with van der Waals surface area (Å²) >= 11 is 0. The van der Waals surface area contributed by atoms with Crippen LogP contribution >= 0.6 is 0 Å². The van der Waals surface area contributed by atoms with Crippen LogP contribution in [-0.4, -0.2) is 60.3 Å². The van der Waals surface area contributed by atoms with E-state index in [0.717, 1.165) is 7.11 Å². The van der Waals surface area contributed by atoms with E-state index in [-0.39, 0.29) is 26.2 Å². The van der Waals surface area contributed by atoms with Gasteiger partial charge in [-0.05, 0) is 6.42 Å². The van der Waals surface area contributed by atoms with Crippen LogP contribution in [0.2, 0.25) is 0 Å². The number of carboxylic acid groups (broad SMARTS) is 1. The minimum Gasteiger partial charge on any atom is -0.465 e. The second-order valence-corrected chi connectivity index (χ2v) is 5.95. The summed E-state index contributed by atoms with van der Waals surface area (Å²) in [7, 11) is 1.16. The molecule has 0 bridgehead atoms. The van der Waals surface area contributed by atoms with Gasteiger partial charge in [-0.25, -0.2) is 9.28 Å². The molecule has 0 saturated carbocycles. The zero-order valence-corrected chi connectivity index (χ0v) is 13.4. The number of carbonyl (C=O) groups excluding carboxylic acids is 1. The maximum atomic E-state index is 12.5. The lowest BCUT2D eigenvalue weighted by molar-refractivity contribution is -0.879. The average molecular weight is 338 g/mol. The molecule has 1 N–H and O–H groups in total. The van der Waals surface area contributed by atoms with Crippen molar-refractivity contribution in [3.63, 3.8) is 0 Å². The molecule has 3 rings (SSSR count). The first-order valence-corrected chi connectivity index (χ1v) is 7.82. The Morgan fingerprint density at radius 2 is 2.04 bits per heavy atom. The Labute approximate surface area is 143 Å². The maximum absolute atomic E-state index is 12.5. The van der Waals surface area contributed by atoms with Gasteiger partial charge in [0.15, 0.2) is 0 Å². The largest absolute Gasteiger partial charge is 0.514 e. The minimum absolute atomic E-state index is 0.230. The van der Waals surface area contributed by atoms with Gasteiger partial charge < -0.3 is 19.3 Å². The van der Waals surface area contributed by atoms with Crippen molar-refractivity contribution in [3.05, 3.63) is 35.9 Å². The first kappa shape index (κ1) is 14.4. The van der Waals surface area contributed by atoms with Crippen LogP contribution in [-0.2, 0) is 25.5 Å². The van der Waals surface area contributed by atoms with Crippen LogP contribution in [0.15, 0.2) is 30.3 Å². The second kappa shape index (κ2) is 6.51. The third-order valence-electron chi connectivity index (χ3n) is 4.41. The van der Waals surface area contributed by atoms with Crippen molar-refractivity contribution >= 4 is 12.1 Å². The molecule has 2 saturated heterocycles. The van der Waals surface area contributed by atoms with Gasteiger partial charge in [0.05, 0.1) is 29.5 Å². The highest BCUT2D eigenvalue weighted by Crippen LogP contribution is 2.41. The van der Waals surface area contributed by atoms with Gasteiger partial charge in [-0.2, -0.15) is 4.79 Å². The fourth-order valence-electron chi connectivity index (χ4n) is 3.26. The van der Waals surface area contributed by atoms with Gasteiger partial charge in [0.25, 0.3) is 0 Å². The third kappa shape index (κ3) is 2.90. The highest BCUT2D eigenvalue weighted by atomic mass is 16.7. The molecule has 2 aliphatic heterocycles. The van der Waals surface area contributed by atoms with Gasteiger partial charge in [0.1, 0.15) is 13.0 Å². The Morgan fingerprint density at radius 1 is 1.38 bits per heavy atom. The van der Waals surface area contributed by atoms with Crippen LogP contribution in [0, 0.1) is 0 Å². The number of carbonyl (C=O) groups is 2. The summed E-state index contributed by atoms with van der Waals surface area (Å²) in [6.07, 6.45) is -1.12. The number of nitrogens with zero attached hydrogens (tertiary/aromatic N) is 1. The highest BCUT2D eigenvalue weighted by Gasteiger charge is 2.65. The lowest BCUT2D eigenvalue weighted by atomic mass is 10.1. The summed E-state index contributed by atoms with van der Waals surface area (Å²) < 4.78 is 32.3. The molecule has 0 aromatic heterocycles. The Morgan fingerprint density at radius 3 is 2.62 bits per heavy atom. The van der Waals surface area contributed by atoms with Gasteiger partial charge >= 0.3 is 12.1 Å². The number of methoxy groups -OCH3 is 1. The van der Waals surface area contributed by atoms with Crippen molar-refractivity contribution < 1.29 is 36.1 Å². The van der Waals surface area contributed by atoms with Crippen LogP contribution in [0.1, 0.15) is 21.1 Å². The van der Waals surface area contributed by atoms with Crippen molar-refractivity contribution in [1.82, 2.24) is 0 Å². The fourth-order valence-corrected chi connectivity index (χ4v) is 3.26. The van der Waals surface area contributed by atoms with Crippen LogP contribution < -0.4 is 0 Å². The molecular weight excluding hydrogens is 314 g/mol. The zero-order valence-electron chi connectivity index (χ0n) is 15.4.